The summed E-state index contributed by atoms with van der Waals surface area (Å²) in [6, 6.07) is 8.40. The van der Waals surface area contributed by atoms with Crippen molar-refractivity contribution < 1.29 is 9.21 Å². The lowest BCUT2D eigenvalue weighted by Crippen LogP contribution is -2.58. The minimum atomic E-state index is -0.197. The lowest BCUT2D eigenvalue weighted by atomic mass is 10.1. The SMILES string of the molecule is C[C@@H]1C(=O)N2CCC[C@@H]2CN1c1nc2ccccc2o1. The first-order valence-corrected chi connectivity index (χ1v) is 7.17. The molecule has 0 radical (unpaired) electrons. The second-order valence-corrected chi connectivity index (χ2v) is 5.62. The summed E-state index contributed by atoms with van der Waals surface area (Å²) < 4.78 is 5.82. The molecule has 3 heterocycles. The van der Waals surface area contributed by atoms with Crippen LogP contribution in [0.5, 0.6) is 0 Å². The Hall–Kier alpha value is -2.04. The second-order valence-electron chi connectivity index (χ2n) is 5.62. The van der Waals surface area contributed by atoms with Crippen LogP contribution in [0.25, 0.3) is 11.1 Å². The molecule has 0 aliphatic carbocycles. The van der Waals surface area contributed by atoms with Crippen LogP contribution >= 0.6 is 0 Å². The molecule has 1 aromatic heterocycles. The van der Waals surface area contributed by atoms with E-state index in [9.17, 15) is 4.79 Å². The standard InChI is InChI=1S/C15H17N3O2/c1-10-14(19)17-8-4-5-11(17)9-18(10)15-16-12-6-2-3-7-13(12)20-15/h2-3,6-7,10-11H,4-5,8-9H2,1H3/t10-,11-/m1/s1. The van der Waals surface area contributed by atoms with E-state index in [-0.39, 0.29) is 11.9 Å². The number of benzene rings is 1. The Kier molecular flexibility index (Phi) is 2.49. The Balaban J connectivity index is 1.71. The monoisotopic (exact) mass is 271 g/mol. The highest BCUT2D eigenvalue weighted by Gasteiger charge is 2.41. The molecule has 0 spiro atoms. The van der Waals surface area contributed by atoms with Gasteiger partial charge in [0.25, 0.3) is 6.01 Å². The molecule has 2 saturated heterocycles. The lowest BCUT2D eigenvalue weighted by Gasteiger charge is -2.40. The molecule has 104 valence electrons. The van der Waals surface area contributed by atoms with Gasteiger partial charge in [-0.15, -0.1) is 0 Å². The molecule has 0 unspecified atom stereocenters. The van der Waals surface area contributed by atoms with Crippen molar-refractivity contribution in [1.82, 2.24) is 9.88 Å². The van der Waals surface area contributed by atoms with Crippen LogP contribution in [0.4, 0.5) is 6.01 Å². The van der Waals surface area contributed by atoms with Gasteiger partial charge in [-0.25, -0.2) is 0 Å². The number of anilines is 1. The van der Waals surface area contributed by atoms with Crippen LogP contribution in [-0.4, -0.2) is 41.0 Å². The van der Waals surface area contributed by atoms with Gasteiger partial charge in [-0.3, -0.25) is 4.79 Å². The van der Waals surface area contributed by atoms with Crippen LogP contribution in [0.15, 0.2) is 28.7 Å². The van der Waals surface area contributed by atoms with Gasteiger partial charge in [-0.05, 0) is 31.9 Å². The van der Waals surface area contributed by atoms with E-state index >= 15 is 0 Å². The zero-order valence-corrected chi connectivity index (χ0v) is 11.5. The van der Waals surface area contributed by atoms with E-state index < -0.39 is 0 Å². The maximum absolute atomic E-state index is 12.4. The van der Waals surface area contributed by atoms with Crippen molar-refractivity contribution in [1.29, 1.82) is 0 Å². The van der Waals surface area contributed by atoms with E-state index in [0.717, 1.165) is 37.0 Å². The van der Waals surface area contributed by atoms with Crippen molar-refractivity contribution in [2.45, 2.75) is 31.8 Å². The molecule has 1 aromatic carbocycles. The van der Waals surface area contributed by atoms with Crippen LogP contribution in [0, 0.1) is 0 Å². The molecule has 5 heteroatoms. The summed E-state index contributed by atoms with van der Waals surface area (Å²) in [5.74, 6) is 0.195. The topological polar surface area (TPSA) is 49.6 Å². The van der Waals surface area contributed by atoms with E-state index in [1.165, 1.54) is 0 Å². The van der Waals surface area contributed by atoms with Crippen LogP contribution in [0.2, 0.25) is 0 Å². The number of carbonyl (C=O) groups excluding carboxylic acids is 1. The highest BCUT2D eigenvalue weighted by Crippen LogP contribution is 2.30. The summed E-state index contributed by atoms with van der Waals surface area (Å²) in [6.45, 7) is 3.65. The maximum Gasteiger partial charge on any atom is 0.299 e. The van der Waals surface area contributed by atoms with Gasteiger partial charge in [-0.1, -0.05) is 12.1 Å². The molecule has 2 aromatic rings. The molecule has 0 N–H and O–H groups in total. The molecule has 4 rings (SSSR count). The first-order valence-electron chi connectivity index (χ1n) is 7.17. The van der Waals surface area contributed by atoms with E-state index in [1.807, 2.05) is 41.0 Å². The number of aromatic nitrogens is 1. The van der Waals surface area contributed by atoms with Gasteiger partial charge in [-0.2, -0.15) is 4.98 Å². The van der Waals surface area contributed by atoms with Gasteiger partial charge in [0.1, 0.15) is 11.6 Å². The molecule has 2 aliphatic rings. The average molecular weight is 271 g/mol. The number of hydrogen-bond donors (Lipinski definition) is 0. The molecule has 2 aliphatic heterocycles. The molecule has 2 fully saturated rings. The number of fused-ring (bicyclic) bond motifs is 2. The number of oxazole rings is 1. The van der Waals surface area contributed by atoms with Gasteiger partial charge in [0.2, 0.25) is 5.91 Å². The molecule has 2 atom stereocenters. The van der Waals surface area contributed by atoms with Crippen LogP contribution in [0.1, 0.15) is 19.8 Å². The van der Waals surface area contributed by atoms with Crippen molar-refractivity contribution in [2.75, 3.05) is 18.0 Å². The molecular formula is C15H17N3O2. The number of rotatable bonds is 1. The van der Waals surface area contributed by atoms with Crippen LogP contribution < -0.4 is 4.90 Å². The minimum absolute atomic E-state index is 0.195. The number of piperazine rings is 1. The normalized spacial score (nSPS) is 26.4. The van der Waals surface area contributed by atoms with Gasteiger partial charge in [0.05, 0.1) is 0 Å². The number of hydrogen-bond acceptors (Lipinski definition) is 4. The van der Waals surface area contributed by atoms with Crippen molar-refractivity contribution >= 4 is 23.0 Å². The van der Waals surface area contributed by atoms with Crippen molar-refractivity contribution in [2.24, 2.45) is 0 Å². The highest BCUT2D eigenvalue weighted by molar-refractivity contribution is 5.87. The van der Waals surface area contributed by atoms with Gasteiger partial charge >= 0.3 is 0 Å². The summed E-state index contributed by atoms with van der Waals surface area (Å²) >= 11 is 0. The smallest absolute Gasteiger partial charge is 0.299 e. The van der Waals surface area contributed by atoms with Gasteiger partial charge < -0.3 is 14.2 Å². The third-order valence-corrected chi connectivity index (χ3v) is 4.42. The molecule has 0 bridgehead atoms. The summed E-state index contributed by atoms with van der Waals surface area (Å²) in [5.41, 5.74) is 1.62. The molecule has 5 nitrogen and oxygen atoms in total. The van der Waals surface area contributed by atoms with Crippen molar-refractivity contribution in [3.05, 3.63) is 24.3 Å². The van der Waals surface area contributed by atoms with E-state index in [0.29, 0.717) is 12.1 Å². The quantitative estimate of drug-likeness (QED) is 0.796. The lowest BCUT2D eigenvalue weighted by molar-refractivity contribution is -0.135. The summed E-state index contributed by atoms with van der Waals surface area (Å²) in [6.07, 6.45) is 2.18. The van der Waals surface area contributed by atoms with E-state index in [1.54, 1.807) is 0 Å². The third-order valence-electron chi connectivity index (χ3n) is 4.42. The second kappa shape index (κ2) is 4.23. The molecule has 1 amide bonds. The fraction of sp³-hybridized carbons (Fsp3) is 0.467. The average Bonchev–Trinajstić information content (AvgIpc) is 3.08. The van der Waals surface area contributed by atoms with Crippen LogP contribution in [-0.2, 0) is 4.79 Å². The summed E-state index contributed by atoms with van der Waals surface area (Å²) in [7, 11) is 0. The Morgan fingerprint density at radius 3 is 3.00 bits per heavy atom. The fourth-order valence-corrected chi connectivity index (χ4v) is 3.30. The fourth-order valence-electron chi connectivity index (χ4n) is 3.30. The third kappa shape index (κ3) is 1.62. The maximum atomic E-state index is 12.4. The van der Waals surface area contributed by atoms with E-state index in [2.05, 4.69) is 4.98 Å². The Labute approximate surface area is 117 Å². The molecular weight excluding hydrogens is 254 g/mol. The van der Waals surface area contributed by atoms with Crippen LogP contribution in [0.3, 0.4) is 0 Å². The van der Waals surface area contributed by atoms with Gasteiger partial charge in [0.15, 0.2) is 5.58 Å². The number of carbonyl (C=O) groups is 1. The highest BCUT2D eigenvalue weighted by atomic mass is 16.4. The predicted octanol–water partition coefficient (Wildman–Crippen LogP) is 2.03. The van der Waals surface area contributed by atoms with Gasteiger partial charge in [0, 0.05) is 19.1 Å². The first kappa shape index (κ1) is 11.8. The number of para-hydroxylation sites is 2. The zero-order valence-electron chi connectivity index (χ0n) is 11.5. The van der Waals surface area contributed by atoms with Crippen molar-refractivity contribution in [3.63, 3.8) is 0 Å². The largest absolute Gasteiger partial charge is 0.423 e. The molecule has 20 heavy (non-hydrogen) atoms. The summed E-state index contributed by atoms with van der Waals surface area (Å²) in [5, 5.41) is 0. The van der Waals surface area contributed by atoms with E-state index in [4.69, 9.17) is 4.42 Å². The Bertz CT molecular complexity index is 633. The Morgan fingerprint density at radius 2 is 2.15 bits per heavy atom. The zero-order chi connectivity index (χ0) is 13.7. The predicted molar refractivity (Wildman–Crippen MR) is 75.6 cm³/mol. The number of nitrogens with zero attached hydrogens (tertiary/aromatic N) is 3. The molecule has 0 saturated carbocycles. The first-order chi connectivity index (χ1) is 9.74. The summed E-state index contributed by atoms with van der Waals surface area (Å²) in [4.78, 5) is 21.0. The Morgan fingerprint density at radius 1 is 1.30 bits per heavy atom. The van der Waals surface area contributed by atoms with Crippen molar-refractivity contribution in [3.8, 4) is 0 Å². The minimum Gasteiger partial charge on any atom is -0.423 e. The number of amides is 1.